The summed E-state index contributed by atoms with van der Waals surface area (Å²) < 4.78 is 55.2. The first-order chi connectivity index (χ1) is 24.6. The minimum Gasteiger partial charge on any atom is -0.493 e. The summed E-state index contributed by atoms with van der Waals surface area (Å²) in [5.74, 6) is 4.97. The van der Waals surface area contributed by atoms with Crippen molar-refractivity contribution in [1.29, 1.82) is 0 Å². The van der Waals surface area contributed by atoms with Crippen LogP contribution >= 0.6 is 0 Å². The molecule has 276 valence electrons. The number of carboxylic acid groups (broad SMARTS) is 1. The molecule has 17 heteroatoms. The molecule has 0 saturated heterocycles. The van der Waals surface area contributed by atoms with E-state index in [1.807, 2.05) is 22.8 Å². The Kier molecular flexibility index (Phi) is 12.5. The molecule has 1 saturated carbocycles. The van der Waals surface area contributed by atoms with Crippen molar-refractivity contribution in [3.63, 3.8) is 0 Å². The van der Waals surface area contributed by atoms with Gasteiger partial charge < -0.3 is 45.8 Å². The van der Waals surface area contributed by atoms with Crippen LogP contribution in [0.15, 0.2) is 47.5 Å². The summed E-state index contributed by atoms with van der Waals surface area (Å²) in [7, 11) is 3.11. The maximum absolute atomic E-state index is 13.4. The normalized spacial score (nSPS) is 15.4. The number of hydrogen-bond acceptors (Lipinski definition) is 12. The van der Waals surface area contributed by atoms with Crippen LogP contribution in [0, 0.1) is 11.8 Å². The topological polar surface area (TPSA) is 217 Å². The lowest BCUT2D eigenvalue weighted by Gasteiger charge is -2.29. The molecule has 2 aromatic heterocycles. The number of nitrogens with zero attached hydrogens (tertiary/aromatic N) is 3. The summed E-state index contributed by atoms with van der Waals surface area (Å²) >= 11 is 0. The molecule has 0 aliphatic heterocycles. The van der Waals surface area contributed by atoms with Gasteiger partial charge in [0.05, 0.1) is 38.1 Å². The smallest absolute Gasteiger partial charge is 0.493 e. The lowest BCUT2D eigenvalue weighted by Crippen LogP contribution is -2.28. The molecule has 2 aromatic carbocycles. The van der Waals surface area contributed by atoms with Crippen LogP contribution in [0.1, 0.15) is 60.9 Å². The van der Waals surface area contributed by atoms with Crippen molar-refractivity contribution in [3.05, 3.63) is 75.2 Å². The van der Waals surface area contributed by atoms with E-state index in [-0.39, 0.29) is 30.4 Å². The third-order valence-electron chi connectivity index (χ3n) is 8.02. The molecule has 2 heterocycles. The van der Waals surface area contributed by atoms with Gasteiger partial charge in [0.2, 0.25) is 11.4 Å². The van der Waals surface area contributed by atoms with Gasteiger partial charge in [-0.2, -0.15) is 18.2 Å². The van der Waals surface area contributed by atoms with Gasteiger partial charge in [-0.15, -0.1) is 0 Å². The Hall–Kier alpha value is -6.02. The first-order valence-electron chi connectivity index (χ1n) is 15.9. The SMILES string of the molecule is CCOC(=O)Oc1cn(C2CCC(N)CC2)c2cc(C#Cc3cc(Cc4cnc(N)nc4N)cc(OC)c3OC)ccc2c1=O.O=C(O)C(F)(F)F. The molecule has 1 aliphatic rings. The number of nitrogens with two attached hydrogens (primary N) is 3. The zero-order chi connectivity index (χ0) is 38.2. The van der Waals surface area contributed by atoms with Crippen molar-refractivity contribution in [2.45, 2.75) is 57.3 Å². The Morgan fingerprint density at radius 1 is 1.04 bits per heavy atom. The average Bonchev–Trinajstić information content (AvgIpc) is 3.10. The van der Waals surface area contributed by atoms with E-state index in [0.29, 0.717) is 51.3 Å². The number of benzene rings is 2. The van der Waals surface area contributed by atoms with E-state index in [9.17, 15) is 22.8 Å². The fourth-order valence-electron chi connectivity index (χ4n) is 5.54. The van der Waals surface area contributed by atoms with Crippen LogP contribution in [-0.2, 0) is 16.0 Å². The summed E-state index contributed by atoms with van der Waals surface area (Å²) in [5.41, 5.74) is 21.0. The highest BCUT2D eigenvalue weighted by Gasteiger charge is 2.38. The number of halogens is 3. The second-order valence-electron chi connectivity index (χ2n) is 11.6. The summed E-state index contributed by atoms with van der Waals surface area (Å²) in [5, 5.41) is 7.53. The van der Waals surface area contributed by atoms with Gasteiger partial charge in [-0.25, -0.2) is 14.6 Å². The van der Waals surface area contributed by atoms with Crippen molar-refractivity contribution < 1.29 is 46.8 Å². The molecule has 0 radical (unpaired) electrons. The van der Waals surface area contributed by atoms with E-state index in [2.05, 4.69) is 21.8 Å². The quantitative estimate of drug-likeness (QED) is 0.152. The summed E-state index contributed by atoms with van der Waals surface area (Å²) in [6.45, 7) is 1.80. The van der Waals surface area contributed by atoms with Crippen LogP contribution in [0.2, 0.25) is 0 Å². The number of alkyl halides is 3. The van der Waals surface area contributed by atoms with Crippen LogP contribution in [-0.4, -0.2) is 64.8 Å². The maximum atomic E-state index is 13.4. The molecule has 1 aliphatic carbocycles. The molecular formula is C35H37F3N6O8. The average molecular weight is 727 g/mol. The van der Waals surface area contributed by atoms with Crippen molar-refractivity contribution in [1.82, 2.24) is 14.5 Å². The number of methoxy groups -OCH3 is 2. The number of anilines is 2. The van der Waals surface area contributed by atoms with E-state index in [4.69, 9.17) is 46.0 Å². The van der Waals surface area contributed by atoms with E-state index in [0.717, 1.165) is 31.2 Å². The van der Waals surface area contributed by atoms with Gasteiger partial charge in [0, 0.05) is 41.2 Å². The number of nitrogen functional groups attached to an aromatic ring is 2. The van der Waals surface area contributed by atoms with Crippen LogP contribution in [0.3, 0.4) is 0 Å². The number of pyridine rings is 1. The summed E-state index contributed by atoms with van der Waals surface area (Å²) in [6.07, 6.45) is 0.928. The van der Waals surface area contributed by atoms with Gasteiger partial charge in [-0.3, -0.25) is 4.79 Å². The molecule has 0 spiro atoms. The van der Waals surface area contributed by atoms with E-state index in [1.165, 1.54) is 0 Å². The molecule has 14 nitrogen and oxygen atoms in total. The lowest BCUT2D eigenvalue weighted by molar-refractivity contribution is -0.192. The van der Waals surface area contributed by atoms with E-state index >= 15 is 0 Å². The van der Waals surface area contributed by atoms with Gasteiger partial charge in [0.25, 0.3) is 0 Å². The lowest BCUT2D eigenvalue weighted by atomic mass is 9.91. The Morgan fingerprint density at radius 2 is 1.73 bits per heavy atom. The number of rotatable bonds is 7. The zero-order valence-electron chi connectivity index (χ0n) is 28.5. The van der Waals surface area contributed by atoms with E-state index in [1.54, 1.807) is 45.7 Å². The molecule has 0 amide bonds. The minimum atomic E-state index is -5.08. The highest BCUT2D eigenvalue weighted by molar-refractivity contribution is 5.83. The van der Waals surface area contributed by atoms with E-state index < -0.39 is 23.7 Å². The zero-order valence-corrected chi connectivity index (χ0v) is 28.5. The molecule has 5 rings (SSSR count). The largest absolute Gasteiger partial charge is 0.514 e. The third-order valence-corrected chi connectivity index (χ3v) is 8.02. The Balaban J connectivity index is 0.000000785. The molecular weight excluding hydrogens is 689 g/mol. The Bertz CT molecular complexity index is 2070. The first kappa shape index (κ1) is 38.8. The molecule has 52 heavy (non-hydrogen) atoms. The molecule has 0 atom stereocenters. The summed E-state index contributed by atoms with van der Waals surface area (Å²) in [4.78, 5) is 42.5. The summed E-state index contributed by atoms with van der Waals surface area (Å²) in [6, 6.07) is 9.26. The van der Waals surface area contributed by atoms with Crippen molar-refractivity contribution >= 4 is 34.8 Å². The number of ether oxygens (including phenoxy) is 4. The fourth-order valence-corrected chi connectivity index (χ4v) is 5.54. The van der Waals surface area contributed by atoms with Crippen LogP contribution in [0.4, 0.5) is 29.7 Å². The number of carbonyl (C=O) groups excluding carboxylic acids is 1. The van der Waals surface area contributed by atoms with Gasteiger partial charge in [0.1, 0.15) is 5.82 Å². The second kappa shape index (κ2) is 16.8. The number of hydrogen-bond donors (Lipinski definition) is 4. The number of carbonyl (C=O) groups is 2. The minimum absolute atomic E-state index is 0.0615. The van der Waals surface area contributed by atoms with Crippen molar-refractivity contribution in [2.24, 2.45) is 5.73 Å². The maximum Gasteiger partial charge on any atom is 0.514 e. The third kappa shape index (κ3) is 9.60. The Morgan fingerprint density at radius 3 is 2.33 bits per heavy atom. The number of carboxylic acids is 1. The molecule has 0 bridgehead atoms. The van der Waals surface area contributed by atoms with Gasteiger partial charge in [0.15, 0.2) is 17.2 Å². The highest BCUT2D eigenvalue weighted by atomic mass is 19.4. The number of aromatic nitrogens is 3. The predicted molar refractivity (Wildman–Crippen MR) is 184 cm³/mol. The monoisotopic (exact) mass is 726 g/mol. The molecule has 0 unspecified atom stereocenters. The van der Waals surface area contributed by atoms with Crippen LogP contribution < -0.4 is 36.8 Å². The van der Waals surface area contributed by atoms with Crippen LogP contribution in [0.5, 0.6) is 17.2 Å². The van der Waals surface area contributed by atoms with Crippen molar-refractivity contribution in [2.75, 3.05) is 32.3 Å². The highest BCUT2D eigenvalue weighted by Crippen LogP contribution is 2.34. The predicted octanol–water partition coefficient (Wildman–Crippen LogP) is 4.57. The Labute approximate surface area is 295 Å². The molecule has 1 fully saturated rings. The second-order valence-corrected chi connectivity index (χ2v) is 11.6. The van der Waals surface area contributed by atoms with Gasteiger partial charge >= 0.3 is 18.3 Å². The number of aliphatic carboxylic acids is 1. The van der Waals surface area contributed by atoms with Gasteiger partial charge in [-0.05, 0) is 68.5 Å². The fraction of sp³-hybridized carbons (Fsp3) is 0.343. The first-order valence-corrected chi connectivity index (χ1v) is 15.9. The van der Waals surface area contributed by atoms with Gasteiger partial charge in [-0.1, -0.05) is 11.8 Å². The molecule has 4 aromatic rings. The number of fused-ring (bicyclic) bond motifs is 1. The molecule has 7 N–H and O–H groups in total. The standard InChI is InChI=1S/C33H36N6O6.C2HF3O2/c1-4-44-33(41)45-28-18-39(24-10-8-23(34)9-11-24)26-15-19(6-12-25(26)29(28)40)5-7-21-13-20(16-27(42-2)30(21)43-3)14-22-17-37-32(36)38-31(22)35;3-2(4,5)1(6)7/h6,12-13,15-18,23-24H,4,8-11,14,34H2,1-3H3,(H4,35,36,37,38);(H,6,7). The van der Waals surface area contributed by atoms with Crippen LogP contribution in [0.25, 0.3) is 10.9 Å². The van der Waals surface area contributed by atoms with Crippen molar-refractivity contribution in [3.8, 4) is 29.1 Å².